The second-order valence-electron chi connectivity index (χ2n) is 3.62. The SMILES string of the molecule is Cc1ccc(F)cc1C(=O)c1ncccc1Cl. The number of rotatable bonds is 2. The van der Waals surface area contributed by atoms with Crippen LogP contribution in [0.4, 0.5) is 4.39 Å². The van der Waals surface area contributed by atoms with Gasteiger partial charge in [-0.2, -0.15) is 0 Å². The van der Waals surface area contributed by atoms with Crippen molar-refractivity contribution in [3.05, 3.63) is 64.2 Å². The molecule has 2 nitrogen and oxygen atoms in total. The number of aromatic nitrogens is 1. The molecule has 0 spiro atoms. The van der Waals surface area contributed by atoms with Gasteiger partial charge >= 0.3 is 0 Å². The number of ketones is 1. The highest BCUT2D eigenvalue weighted by Crippen LogP contribution is 2.19. The summed E-state index contributed by atoms with van der Waals surface area (Å²) < 4.78 is 13.1. The van der Waals surface area contributed by atoms with Crippen LogP contribution in [0.25, 0.3) is 0 Å². The maximum atomic E-state index is 13.1. The molecule has 0 saturated carbocycles. The Kier molecular flexibility index (Phi) is 3.20. The summed E-state index contributed by atoms with van der Waals surface area (Å²) in [4.78, 5) is 16.0. The minimum atomic E-state index is -0.453. The van der Waals surface area contributed by atoms with Gasteiger partial charge in [0.05, 0.1) is 5.02 Å². The molecule has 0 N–H and O–H groups in total. The van der Waals surface area contributed by atoms with E-state index in [-0.39, 0.29) is 22.1 Å². The molecule has 1 aromatic heterocycles. The Morgan fingerprint density at radius 1 is 1.35 bits per heavy atom. The van der Waals surface area contributed by atoms with Crippen LogP contribution in [0.5, 0.6) is 0 Å². The van der Waals surface area contributed by atoms with Crippen molar-refractivity contribution >= 4 is 17.4 Å². The van der Waals surface area contributed by atoms with E-state index >= 15 is 0 Å². The highest BCUT2D eigenvalue weighted by atomic mass is 35.5. The lowest BCUT2D eigenvalue weighted by Crippen LogP contribution is -2.07. The first-order chi connectivity index (χ1) is 8.09. The molecule has 4 heteroatoms. The summed E-state index contributed by atoms with van der Waals surface area (Å²) in [6.07, 6.45) is 1.48. The third-order valence-corrected chi connectivity index (χ3v) is 2.72. The van der Waals surface area contributed by atoms with Gasteiger partial charge in [-0.05, 0) is 36.8 Å². The van der Waals surface area contributed by atoms with Gasteiger partial charge in [0.1, 0.15) is 11.5 Å². The van der Waals surface area contributed by atoms with Gasteiger partial charge in [-0.3, -0.25) is 9.78 Å². The van der Waals surface area contributed by atoms with Crippen LogP contribution in [0.3, 0.4) is 0 Å². The van der Waals surface area contributed by atoms with Gasteiger partial charge in [0, 0.05) is 11.8 Å². The number of halogens is 2. The Bertz CT molecular complexity index is 583. The highest BCUT2D eigenvalue weighted by molar-refractivity contribution is 6.34. The van der Waals surface area contributed by atoms with Crippen molar-refractivity contribution in [1.82, 2.24) is 4.98 Å². The molecule has 0 bridgehead atoms. The molecule has 0 aliphatic carbocycles. The Morgan fingerprint density at radius 3 is 2.82 bits per heavy atom. The van der Waals surface area contributed by atoms with Crippen molar-refractivity contribution in [2.24, 2.45) is 0 Å². The third-order valence-electron chi connectivity index (χ3n) is 2.42. The number of nitrogens with zero attached hydrogens (tertiary/aromatic N) is 1. The maximum absolute atomic E-state index is 13.1. The summed E-state index contributed by atoms with van der Waals surface area (Å²) >= 11 is 5.88. The Balaban J connectivity index is 2.51. The van der Waals surface area contributed by atoms with Crippen LogP contribution in [0.2, 0.25) is 5.02 Å². The zero-order valence-electron chi connectivity index (χ0n) is 9.08. The molecule has 0 aliphatic heterocycles. The van der Waals surface area contributed by atoms with Gasteiger partial charge in [0.25, 0.3) is 0 Å². The van der Waals surface area contributed by atoms with E-state index in [9.17, 15) is 9.18 Å². The molecular formula is C13H9ClFNO. The number of pyridine rings is 1. The summed E-state index contributed by atoms with van der Waals surface area (Å²) in [5.41, 5.74) is 1.12. The summed E-state index contributed by atoms with van der Waals surface area (Å²) in [6.45, 7) is 1.74. The third kappa shape index (κ3) is 2.34. The smallest absolute Gasteiger partial charge is 0.213 e. The summed E-state index contributed by atoms with van der Waals surface area (Å²) in [6, 6.07) is 7.28. The van der Waals surface area contributed by atoms with Crippen LogP contribution in [-0.4, -0.2) is 10.8 Å². The average molecular weight is 250 g/mol. The zero-order valence-corrected chi connectivity index (χ0v) is 9.83. The van der Waals surface area contributed by atoms with E-state index < -0.39 is 5.82 Å². The van der Waals surface area contributed by atoms with E-state index in [4.69, 9.17) is 11.6 Å². The Morgan fingerprint density at radius 2 is 2.12 bits per heavy atom. The molecule has 0 atom stereocenters. The lowest BCUT2D eigenvalue weighted by atomic mass is 10.0. The standard InChI is InChI=1S/C13H9ClFNO/c1-8-4-5-9(15)7-10(8)13(17)12-11(14)3-2-6-16-12/h2-7H,1H3. The number of benzene rings is 1. The quantitative estimate of drug-likeness (QED) is 0.764. The minimum Gasteiger partial charge on any atom is -0.287 e. The van der Waals surface area contributed by atoms with E-state index in [0.29, 0.717) is 5.56 Å². The van der Waals surface area contributed by atoms with E-state index in [1.807, 2.05) is 0 Å². The van der Waals surface area contributed by atoms with Crippen molar-refractivity contribution in [2.75, 3.05) is 0 Å². The second-order valence-corrected chi connectivity index (χ2v) is 4.03. The van der Waals surface area contributed by atoms with Crippen molar-refractivity contribution < 1.29 is 9.18 Å². The minimum absolute atomic E-state index is 0.142. The topological polar surface area (TPSA) is 30.0 Å². The summed E-state index contributed by atoms with van der Waals surface area (Å²) in [7, 11) is 0. The summed E-state index contributed by atoms with van der Waals surface area (Å²) in [5, 5.41) is 0.265. The van der Waals surface area contributed by atoms with Gasteiger partial charge in [0.15, 0.2) is 0 Å². The molecule has 86 valence electrons. The zero-order chi connectivity index (χ0) is 12.4. The lowest BCUT2D eigenvalue weighted by Gasteiger charge is -2.05. The fourth-order valence-electron chi connectivity index (χ4n) is 1.52. The van der Waals surface area contributed by atoms with E-state index in [1.165, 1.54) is 18.3 Å². The molecule has 0 radical (unpaired) electrons. The molecule has 1 heterocycles. The van der Waals surface area contributed by atoms with Crippen LogP contribution in [0.1, 0.15) is 21.6 Å². The van der Waals surface area contributed by atoms with Gasteiger partial charge in [-0.25, -0.2) is 4.39 Å². The predicted molar refractivity (Wildman–Crippen MR) is 63.8 cm³/mol. The maximum Gasteiger partial charge on any atom is 0.213 e. The average Bonchev–Trinajstić information content (AvgIpc) is 2.32. The molecule has 0 saturated heterocycles. The van der Waals surface area contributed by atoms with Crippen LogP contribution in [0, 0.1) is 12.7 Å². The monoisotopic (exact) mass is 249 g/mol. The highest BCUT2D eigenvalue weighted by Gasteiger charge is 2.16. The van der Waals surface area contributed by atoms with Gasteiger partial charge in [-0.15, -0.1) is 0 Å². The van der Waals surface area contributed by atoms with E-state index in [0.717, 1.165) is 0 Å². The molecule has 0 amide bonds. The van der Waals surface area contributed by atoms with Crippen molar-refractivity contribution in [2.45, 2.75) is 6.92 Å². The number of carbonyl (C=O) groups is 1. The fourth-order valence-corrected chi connectivity index (χ4v) is 1.73. The molecule has 2 rings (SSSR count). The van der Waals surface area contributed by atoms with E-state index in [1.54, 1.807) is 25.1 Å². The first-order valence-corrected chi connectivity index (χ1v) is 5.39. The lowest BCUT2D eigenvalue weighted by molar-refractivity contribution is 0.103. The van der Waals surface area contributed by atoms with Gasteiger partial charge in [0.2, 0.25) is 5.78 Å². The van der Waals surface area contributed by atoms with Crippen LogP contribution in [0.15, 0.2) is 36.5 Å². The molecular weight excluding hydrogens is 241 g/mol. The van der Waals surface area contributed by atoms with Crippen LogP contribution < -0.4 is 0 Å². The first kappa shape index (κ1) is 11.7. The van der Waals surface area contributed by atoms with Gasteiger partial charge in [-0.1, -0.05) is 17.7 Å². The summed E-state index contributed by atoms with van der Waals surface area (Å²) in [5.74, 6) is -0.821. The molecule has 17 heavy (non-hydrogen) atoms. The Labute approximate surface area is 103 Å². The molecule has 0 unspecified atom stereocenters. The second kappa shape index (κ2) is 4.63. The predicted octanol–water partition coefficient (Wildman–Crippen LogP) is 3.41. The molecule has 1 aromatic carbocycles. The first-order valence-electron chi connectivity index (χ1n) is 5.01. The number of carbonyl (C=O) groups excluding carboxylic acids is 1. The van der Waals surface area contributed by atoms with Crippen molar-refractivity contribution in [1.29, 1.82) is 0 Å². The van der Waals surface area contributed by atoms with Gasteiger partial charge < -0.3 is 0 Å². The number of aryl methyl sites for hydroxylation is 1. The van der Waals surface area contributed by atoms with E-state index in [2.05, 4.69) is 4.98 Å². The van der Waals surface area contributed by atoms with Crippen LogP contribution in [-0.2, 0) is 0 Å². The fraction of sp³-hybridized carbons (Fsp3) is 0.0769. The normalized spacial score (nSPS) is 10.3. The molecule has 0 fully saturated rings. The number of hydrogen-bond acceptors (Lipinski definition) is 2. The Hall–Kier alpha value is -1.74. The molecule has 0 aliphatic rings. The van der Waals surface area contributed by atoms with Crippen molar-refractivity contribution in [3.63, 3.8) is 0 Å². The largest absolute Gasteiger partial charge is 0.287 e. The van der Waals surface area contributed by atoms with Crippen LogP contribution >= 0.6 is 11.6 Å². The molecule has 2 aromatic rings. The number of hydrogen-bond donors (Lipinski definition) is 0. The van der Waals surface area contributed by atoms with Crippen molar-refractivity contribution in [3.8, 4) is 0 Å².